The molecule has 4 nitrogen and oxygen atoms in total. The third kappa shape index (κ3) is 1.78. The summed E-state index contributed by atoms with van der Waals surface area (Å²) in [6.07, 6.45) is 0. The van der Waals surface area contributed by atoms with Crippen molar-refractivity contribution < 1.29 is 0 Å². The molecule has 0 aliphatic carbocycles. The Morgan fingerprint density at radius 2 is 2.20 bits per heavy atom. The molecule has 0 unspecified atom stereocenters. The molecule has 0 amide bonds. The van der Waals surface area contributed by atoms with E-state index in [2.05, 4.69) is 5.10 Å². The summed E-state index contributed by atoms with van der Waals surface area (Å²) in [5.41, 5.74) is 6.73. The van der Waals surface area contributed by atoms with Gasteiger partial charge in [0.2, 0.25) is 0 Å². The minimum atomic E-state index is 0.285. The van der Waals surface area contributed by atoms with E-state index in [1.807, 2.05) is 12.1 Å². The fraction of sp³-hybridized carbons (Fsp3) is 0. The van der Waals surface area contributed by atoms with Gasteiger partial charge in [-0.25, -0.2) is 4.68 Å². The van der Waals surface area contributed by atoms with Crippen molar-refractivity contribution in [2.45, 2.75) is 0 Å². The lowest BCUT2D eigenvalue weighted by atomic mass is 10.3. The van der Waals surface area contributed by atoms with Gasteiger partial charge in [0, 0.05) is 11.1 Å². The summed E-state index contributed by atoms with van der Waals surface area (Å²) in [4.78, 5) is 0. The van der Waals surface area contributed by atoms with Crippen LogP contribution in [0.3, 0.4) is 0 Å². The van der Waals surface area contributed by atoms with Crippen LogP contribution >= 0.6 is 11.6 Å². The molecule has 0 bridgehead atoms. The van der Waals surface area contributed by atoms with Crippen LogP contribution in [0.2, 0.25) is 5.02 Å². The molecule has 0 fully saturated rings. The standard InChI is InChI=1S/C10H7ClN4/c11-7-2-1-3-9(4-7)15-10(13)5-8(6-12)14-15/h1-5H,13H2. The molecular weight excluding hydrogens is 212 g/mol. The van der Waals surface area contributed by atoms with Crippen molar-refractivity contribution in [2.75, 3.05) is 5.73 Å². The van der Waals surface area contributed by atoms with Crippen molar-refractivity contribution in [3.63, 3.8) is 0 Å². The van der Waals surface area contributed by atoms with Crippen LogP contribution in [-0.2, 0) is 0 Å². The Morgan fingerprint density at radius 3 is 2.80 bits per heavy atom. The van der Waals surface area contributed by atoms with Gasteiger partial charge in [0.15, 0.2) is 5.69 Å². The second kappa shape index (κ2) is 3.64. The quantitative estimate of drug-likeness (QED) is 0.796. The van der Waals surface area contributed by atoms with Crippen molar-refractivity contribution in [2.24, 2.45) is 0 Å². The van der Waals surface area contributed by atoms with Crippen LogP contribution in [0.15, 0.2) is 30.3 Å². The van der Waals surface area contributed by atoms with Gasteiger partial charge in [-0.1, -0.05) is 17.7 Å². The molecule has 0 saturated carbocycles. The number of nitrogen functional groups attached to an aromatic ring is 1. The summed E-state index contributed by atoms with van der Waals surface area (Å²) < 4.78 is 1.48. The first kappa shape index (κ1) is 9.56. The van der Waals surface area contributed by atoms with Crippen LogP contribution in [0.25, 0.3) is 5.69 Å². The van der Waals surface area contributed by atoms with Crippen molar-refractivity contribution in [3.8, 4) is 11.8 Å². The normalized spacial score (nSPS) is 9.87. The number of anilines is 1. The van der Waals surface area contributed by atoms with E-state index >= 15 is 0 Å². The topological polar surface area (TPSA) is 67.6 Å². The molecule has 0 aliphatic heterocycles. The summed E-state index contributed by atoms with van der Waals surface area (Å²) in [6.45, 7) is 0. The molecule has 0 atom stereocenters. The number of nitrogens with zero attached hydrogens (tertiary/aromatic N) is 3. The van der Waals surface area contributed by atoms with Gasteiger partial charge in [0.05, 0.1) is 5.69 Å². The third-order valence-corrected chi connectivity index (χ3v) is 2.14. The first-order valence-corrected chi connectivity index (χ1v) is 4.60. The van der Waals surface area contributed by atoms with Gasteiger partial charge >= 0.3 is 0 Å². The van der Waals surface area contributed by atoms with Crippen molar-refractivity contribution in [3.05, 3.63) is 41.0 Å². The number of nitriles is 1. The summed E-state index contributed by atoms with van der Waals surface area (Å²) in [6, 6.07) is 10.5. The first-order valence-electron chi connectivity index (χ1n) is 4.22. The second-order valence-electron chi connectivity index (χ2n) is 2.96. The molecule has 0 saturated heterocycles. The van der Waals surface area contributed by atoms with E-state index in [-0.39, 0.29) is 5.69 Å². The van der Waals surface area contributed by atoms with Crippen LogP contribution in [0, 0.1) is 11.3 Å². The van der Waals surface area contributed by atoms with E-state index in [0.717, 1.165) is 5.69 Å². The number of hydrogen-bond acceptors (Lipinski definition) is 3. The van der Waals surface area contributed by atoms with Gasteiger partial charge in [-0.15, -0.1) is 0 Å². The van der Waals surface area contributed by atoms with Crippen LogP contribution in [-0.4, -0.2) is 9.78 Å². The predicted octanol–water partition coefficient (Wildman–Crippen LogP) is 1.98. The fourth-order valence-corrected chi connectivity index (χ4v) is 1.45. The summed E-state index contributed by atoms with van der Waals surface area (Å²) in [7, 11) is 0. The Bertz CT molecular complexity index is 539. The number of aromatic nitrogens is 2. The molecule has 1 aromatic carbocycles. The van der Waals surface area contributed by atoms with Gasteiger partial charge in [0.1, 0.15) is 11.9 Å². The minimum Gasteiger partial charge on any atom is -0.384 e. The average molecular weight is 219 g/mol. The molecule has 74 valence electrons. The predicted molar refractivity (Wildman–Crippen MR) is 57.7 cm³/mol. The second-order valence-corrected chi connectivity index (χ2v) is 3.39. The smallest absolute Gasteiger partial charge is 0.165 e. The zero-order chi connectivity index (χ0) is 10.8. The number of halogens is 1. The Hall–Kier alpha value is -1.99. The number of hydrogen-bond donors (Lipinski definition) is 1. The summed E-state index contributed by atoms with van der Waals surface area (Å²) in [5.74, 6) is 0.411. The largest absolute Gasteiger partial charge is 0.384 e. The Kier molecular flexibility index (Phi) is 2.32. The SMILES string of the molecule is N#Cc1cc(N)n(-c2cccc(Cl)c2)n1. The fourth-order valence-electron chi connectivity index (χ4n) is 1.26. The van der Waals surface area contributed by atoms with E-state index in [1.54, 1.807) is 18.2 Å². The average Bonchev–Trinajstić information content (AvgIpc) is 2.60. The highest BCUT2D eigenvalue weighted by molar-refractivity contribution is 6.30. The van der Waals surface area contributed by atoms with E-state index in [4.69, 9.17) is 22.6 Å². The zero-order valence-electron chi connectivity index (χ0n) is 7.68. The summed E-state index contributed by atoms with van der Waals surface area (Å²) in [5, 5.41) is 13.3. The van der Waals surface area contributed by atoms with Gasteiger partial charge < -0.3 is 5.73 Å². The van der Waals surface area contributed by atoms with Crippen LogP contribution in [0.5, 0.6) is 0 Å². The monoisotopic (exact) mass is 218 g/mol. The van der Waals surface area contributed by atoms with Gasteiger partial charge in [-0.05, 0) is 18.2 Å². The molecule has 5 heteroatoms. The lowest BCUT2D eigenvalue weighted by molar-refractivity contribution is 0.883. The summed E-state index contributed by atoms with van der Waals surface area (Å²) >= 11 is 5.84. The van der Waals surface area contributed by atoms with Crippen LogP contribution < -0.4 is 5.73 Å². The maximum absolute atomic E-state index is 8.67. The van der Waals surface area contributed by atoms with Crippen molar-refractivity contribution in [1.82, 2.24) is 9.78 Å². The molecule has 0 aliphatic rings. The van der Waals surface area contributed by atoms with Gasteiger partial charge in [-0.3, -0.25) is 0 Å². The molecule has 1 heterocycles. The number of rotatable bonds is 1. The maximum Gasteiger partial charge on any atom is 0.165 e. The molecule has 15 heavy (non-hydrogen) atoms. The Labute approximate surface area is 91.5 Å². The molecule has 2 aromatic rings. The maximum atomic E-state index is 8.67. The van der Waals surface area contributed by atoms with Crippen molar-refractivity contribution >= 4 is 17.4 Å². The number of nitrogens with two attached hydrogens (primary N) is 1. The zero-order valence-corrected chi connectivity index (χ0v) is 8.44. The van der Waals surface area contributed by atoms with E-state index < -0.39 is 0 Å². The first-order chi connectivity index (χ1) is 7.20. The number of benzene rings is 1. The molecule has 0 radical (unpaired) electrons. The van der Waals surface area contributed by atoms with Gasteiger partial charge in [0.25, 0.3) is 0 Å². The highest BCUT2D eigenvalue weighted by atomic mass is 35.5. The lowest BCUT2D eigenvalue weighted by Gasteiger charge is -2.03. The molecular formula is C10H7ClN4. The Balaban J connectivity index is 2.54. The van der Waals surface area contributed by atoms with E-state index in [0.29, 0.717) is 10.8 Å². The molecule has 2 rings (SSSR count). The molecule has 2 N–H and O–H groups in total. The highest BCUT2D eigenvalue weighted by Crippen LogP contribution is 2.17. The van der Waals surface area contributed by atoms with Gasteiger partial charge in [-0.2, -0.15) is 10.4 Å². The van der Waals surface area contributed by atoms with E-state index in [9.17, 15) is 0 Å². The van der Waals surface area contributed by atoms with Crippen LogP contribution in [0.4, 0.5) is 5.82 Å². The van der Waals surface area contributed by atoms with E-state index in [1.165, 1.54) is 10.7 Å². The highest BCUT2D eigenvalue weighted by Gasteiger charge is 2.06. The third-order valence-electron chi connectivity index (χ3n) is 1.90. The Morgan fingerprint density at radius 1 is 1.40 bits per heavy atom. The molecule has 1 aromatic heterocycles. The lowest BCUT2D eigenvalue weighted by Crippen LogP contribution is -2.01. The minimum absolute atomic E-state index is 0.285. The van der Waals surface area contributed by atoms with Crippen molar-refractivity contribution in [1.29, 1.82) is 5.26 Å². The molecule has 0 spiro atoms. The van der Waals surface area contributed by atoms with Crippen LogP contribution in [0.1, 0.15) is 5.69 Å².